The molecule has 0 spiro atoms. The number of carbonyl (C=O) groups excluding carboxylic acids is 1. The number of rotatable bonds is 5. The molecule has 1 fully saturated rings. The van der Waals surface area contributed by atoms with Gasteiger partial charge in [0.15, 0.2) is 0 Å². The van der Waals surface area contributed by atoms with E-state index in [9.17, 15) is 4.79 Å². The van der Waals surface area contributed by atoms with E-state index in [1.165, 1.54) is 11.1 Å². The summed E-state index contributed by atoms with van der Waals surface area (Å²) in [6.07, 6.45) is 1.67. The minimum Gasteiger partial charge on any atom is -0.383 e. The van der Waals surface area contributed by atoms with Crippen LogP contribution in [0.4, 0.5) is 0 Å². The summed E-state index contributed by atoms with van der Waals surface area (Å²) < 4.78 is 5.07. The summed E-state index contributed by atoms with van der Waals surface area (Å²) in [5, 5.41) is 0.888. The lowest BCUT2D eigenvalue weighted by Gasteiger charge is -2.31. The minimum atomic E-state index is 0.266. The van der Waals surface area contributed by atoms with Crippen LogP contribution in [0.3, 0.4) is 0 Å². The van der Waals surface area contributed by atoms with Gasteiger partial charge in [0.05, 0.1) is 6.61 Å². The minimum absolute atomic E-state index is 0.266. The Morgan fingerprint density at radius 2 is 2.27 bits per heavy atom. The SMILES string of the molecule is COCCN1C[C@H](CN2CCc3c(Cl)cccc3C2)CC1=O. The molecule has 0 bridgehead atoms. The average molecular weight is 323 g/mol. The monoisotopic (exact) mass is 322 g/mol. The fourth-order valence-corrected chi connectivity index (χ4v) is 3.82. The molecule has 2 heterocycles. The van der Waals surface area contributed by atoms with Crippen LogP contribution in [-0.2, 0) is 22.5 Å². The Kier molecular flexibility index (Phi) is 5.01. The van der Waals surface area contributed by atoms with Crippen molar-refractivity contribution >= 4 is 17.5 Å². The molecule has 0 aromatic heterocycles. The van der Waals surface area contributed by atoms with Gasteiger partial charge in [0.1, 0.15) is 0 Å². The second-order valence-electron chi connectivity index (χ2n) is 6.27. The van der Waals surface area contributed by atoms with Crippen LogP contribution < -0.4 is 0 Å². The van der Waals surface area contributed by atoms with Crippen molar-refractivity contribution in [3.63, 3.8) is 0 Å². The number of carbonyl (C=O) groups is 1. The van der Waals surface area contributed by atoms with Gasteiger partial charge in [-0.05, 0) is 29.5 Å². The molecule has 1 aromatic rings. The molecule has 0 unspecified atom stereocenters. The van der Waals surface area contributed by atoms with Crippen molar-refractivity contribution in [2.24, 2.45) is 5.92 Å². The molecule has 2 aliphatic heterocycles. The van der Waals surface area contributed by atoms with Crippen molar-refractivity contribution in [2.45, 2.75) is 19.4 Å². The molecule has 0 aliphatic carbocycles. The van der Waals surface area contributed by atoms with Gasteiger partial charge >= 0.3 is 0 Å². The van der Waals surface area contributed by atoms with Crippen LogP contribution in [0.15, 0.2) is 18.2 Å². The Hall–Kier alpha value is -1.10. The molecule has 1 saturated heterocycles. The molecule has 3 rings (SSSR count). The van der Waals surface area contributed by atoms with Crippen LogP contribution in [0.1, 0.15) is 17.5 Å². The van der Waals surface area contributed by atoms with Crippen molar-refractivity contribution in [3.8, 4) is 0 Å². The van der Waals surface area contributed by atoms with Crippen LogP contribution in [0.25, 0.3) is 0 Å². The van der Waals surface area contributed by atoms with Crippen LogP contribution in [0.5, 0.6) is 0 Å². The number of likely N-dealkylation sites (tertiary alicyclic amines) is 1. The molecule has 1 atom stereocenters. The van der Waals surface area contributed by atoms with Gasteiger partial charge < -0.3 is 9.64 Å². The van der Waals surface area contributed by atoms with E-state index in [1.54, 1.807) is 7.11 Å². The number of amides is 1. The van der Waals surface area contributed by atoms with Crippen molar-refractivity contribution in [3.05, 3.63) is 34.3 Å². The van der Waals surface area contributed by atoms with E-state index in [0.29, 0.717) is 25.5 Å². The fourth-order valence-electron chi connectivity index (χ4n) is 3.54. The second-order valence-corrected chi connectivity index (χ2v) is 6.67. The number of fused-ring (bicyclic) bond motifs is 1. The first-order chi connectivity index (χ1) is 10.7. The highest BCUT2D eigenvalue weighted by atomic mass is 35.5. The van der Waals surface area contributed by atoms with Crippen LogP contribution in [-0.4, -0.2) is 55.6 Å². The van der Waals surface area contributed by atoms with Crippen molar-refractivity contribution in [2.75, 3.05) is 39.9 Å². The molecule has 0 radical (unpaired) electrons. The zero-order chi connectivity index (χ0) is 15.5. The number of hydrogen-bond acceptors (Lipinski definition) is 3. The van der Waals surface area contributed by atoms with Gasteiger partial charge in [0.25, 0.3) is 0 Å². The van der Waals surface area contributed by atoms with Gasteiger partial charge in [-0.2, -0.15) is 0 Å². The highest BCUT2D eigenvalue weighted by Crippen LogP contribution is 2.27. The molecule has 22 heavy (non-hydrogen) atoms. The van der Waals surface area contributed by atoms with E-state index in [-0.39, 0.29) is 5.91 Å². The quantitative estimate of drug-likeness (QED) is 0.833. The largest absolute Gasteiger partial charge is 0.383 e. The third kappa shape index (κ3) is 3.45. The smallest absolute Gasteiger partial charge is 0.223 e. The van der Waals surface area contributed by atoms with Gasteiger partial charge in [-0.25, -0.2) is 0 Å². The maximum Gasteiger partial charge on any atom is 0.223 e. The summed E-state index contributed by atoms with van der Waals surface area (Å²) >= 11 is 6.27. The fraction of sp³-hybridized carbons (Fsp3) is 0.588. The van der Waals surface area contributed by atoms with Gasteiger partial charge in [-0.1, -0.05) is 23.7 Å². The van der Waals surface area contributed by atoms with Gasteiger partial charge in [0.2, 0.25) is 5.91 Å². The molecular weight excluding hydrogens is 300 g/mol. The summed E-state index contributed by atoms with van der Waals surface area (Å²) in [6.45, 7) is 5.15. The molecule has 1 amide bonds. The summed E-state index contributed by atoms with van der Waals surface area (Å²) in [7, 11) is 1.67. The zero-order valence-corrected chi connectivity index (χ0v) is 13.8. The summed E-state index contributed by atoms with van der Waals surface area (Å²) in [5.74, 6) is 0.701. The van der Waals surface area contributed by atoms with Gasteiger partial charge in [0, 0.05) is 51.3 Å². The van der Waals surface area contributed by atoms with E-state index in [4.69, 9.17) is 16.3 Å². The lowest BCUT2D eigenvalue weighted by Crippen LogP contribution is -2.36. The van der Waals surface area contributed by atoms with E-state index in [2.05, 4.69) is 11.0 Å². The van der Waals surface area contributed by atoms with Crippen molar-refractivity contribution in [1.82, 2.24) is 9.80 Å². The highest BCUT2D eigenvalue weighted by Gasteiger charge is 2.31. The number of methoxy groups -OCH3 is 1. The molecule has 1 aromatic carbocycles. The van der Waals surface area contributed by atoms with E-state index in [0.717, 1.165) is 37.6 Å². The van der Waals surface area contributed by atoms with Crippen molar-refractivity contribution in [1.29, 1.82) is 0 Å². The Bertz CT molecular complexity index is 549. The maximum atomic E-state index is 12.0. The summed E-state index contributed by atoms with van der Waals surface area (Å²) in [6, 6.07) is 6.16. The second kappa shape index (κ2) is 6.99. The first-order valence-corrected chi connectivity index (χ1v) is 8.30. The topological polar surface area (TPSA) is 32.8 Å². The standard InChI is InChI=1S/C17H23ClN2O2/c1-22-8-7-20-11-13(9-17(20)21)10-19-6-5-15-14(12-19)3-2-4-16(15)18/h2-4,13H,5-12H2,1H3/t13-/m0/s1. The van der Waals surface area contributed by atoms with E-state index < -0.39 is 0 Å². The Labute approximate surface area is 137 Å². The third-order valence-electron chi connectivity index (χ3n) is 4.66. The molecule has 5 heteroatoms. The number of ether oxygens (including phenoxy) is 1. The first kappa shape index (κ1) is 15.8. The Morgan fingerprint density at radius 1 is 1.41 bits per heavy atom. The number of benzene rings is 1. The molecule has 0 N–H and O–H groups in total. The third-order valence-corrected chi connectivity index (χ3v) is 5.02. The lowest BCUT2D eigenvalue weighted by atomic mass is 9.98. The van der Waals surface area contributed by atoms with E-state index >= 15 is 0 Å². The molecule has 0 saturated carbocycles. The first-order valence-electron chi connectivity index (χ1n) is 7.92. The normalized spacial score (nSPS) is 22.2. The average Bonchev–Trinajstić information content (AvgIpc) is 2.85. The Morgan fingerprint density at radius 3 is 3.09 bits per heavy atom. The highest BCUT2D eigenvalue weighted by molar-refractivity contribution is 6.31. The van der Waals surface area contributed by atoms with Crippen LogP contribution in [0.2, 0.25) is 5.02 Å². The zero-order valence-electron chi connectivity index (χ0n) is 13.1. The predicted molar refractivity (Wildman–Crippen MR) is 87.0 cm³/mol. The van der Waals surface area contributed by atoms with Gasteiger partial charge in [-0.3, -0.25) is 9.69 Å². The predicted octanol–water partition coefficient (Wildman–Crippen LogP) is 2.19. The Balaban J connectivity index is 1.56. The van der Waals surface area contributed by atoms with E-state index in [1.807, 2.05) is 17.0 Å². The van der Waals surface area contributed by atoms with Crippen molar-refractivity contribution < 1.29 is 9.53 Å². The van der Waals surface area contributed by atoms with Gasteiger partial charge in [-0.15, -0.1) is 0 Å². The lowest BCUT2D eigenvalue weighted by molar-refractivity contribution is -0.128. The summed E-state index contributed by atoms with van der Waals surface area (Å²) in [5.41, 5.74) is 2.63. The number of nitrogens with zero attached hydrogens (tertiary/aromatic N) is 2. The molecule has 4 nitrogen and oxygen atoms in total. The maximum absolute atomic E-state index is 12.0. The number of halogens is 1. The van der Waals surface area contributed by atoms with Crippen LogP contribution in [0, 0.1) is 5.92 Å². The number of hydrogen-bond donors (Lipinski definition) is 0. The summed E-state index contributed by atoms with van der Waals surface area (Å²) in [4.78, 5) is 16.4. The molecule has 2 aliphatic rings. The van der Waals surface area contributed by atoms with Crippen LogP contribution >= 0.6 is 11.6 Å². The molecule has 120 valence electrons. The molecular formula is C17H23ClN2O2.